The Morgan fingerprint density at radius 2 is 1.77 bits per heavy atom. The van der Waals surface area contributed by atoms with E-state index >= 15 is 0 Å². The Morgan fingerprint density at radius 3 is 2.49 bits per heavy atom. The zero-order valence-electron chi connectivity index (χ0n) is 24.0. The summed E-state index contributed by atoms with van der Waals surface area (Å²) < 4.78 is 14.4. The normalized spacial score (nSPS) is 18.6. The number of pyridine rings is 1. The fourth-order valence-corrected chi connectivity index (χ4v) is 6.69. The molecule has 3 aliphatic rings. The summed E-state index contributed by atoms with van der Waals surface area (Å²) in [6, 6.07) is 8.68. The van der Waals surface area contributed by atoms with Gasteiger partial charge in [-0.2, -0.15) is 0 Å². The van der Waals surface area contributed by atoms with Crippen LogP contribution in [0.25, 0.3) is 0 Å². The molecule has 0 saturated carbocycles. The fraction of sp³-hybridized carbons (Fsp3) is 0.467. The number of aromatic nitrogens is 2. The molecule has 3 fully saturated rings. The van der Waals surface area contributed by atoms with Gasteiger partial charge in [-0.25, -0.2) is 14.4 Å². The van der Waals surface area contributed by atoms with Crippen molar-refractivity contribution in [2.45, 2.75) is 19.4 Å². The van der Waals surface area contributed by atoms with E-state index in [0.29, 0.717) is 51.7 Å². The third-order valence-corrected chi connectivity index (χ3v) is 9.38. The van der Waals surface area contributed by atoms with Gasteiger partial charge in [-0.1, -0.05) is 17.7 Å². The number of carbonyl (C=O) groups is 2. The zero-order valence-corrected chi connectivity index (χ0v) is 25.5. The molecule has 3 aromatic rings. The van der Waals surface area contributed by atoms with Gasteiger partial charge in [-0.05, 0) is 44.1 Å². The number of benzene rings is 1. The molecule has 10 nitrogen and oxygen atoms in total. The number of anilines is 3. The topological polar surface area (TPSA) is 96.9 Å². The average molecular weight is 627 g/mol. The highest BCUT2D eigenvalue weighted by atomic mass is 35.5. The van der Waals surface area contributed by atoms with Crippen LogP contribution in [0.15, 0.2) is 41.9 Å². The number of piperazine rings is 2. The van der Waals surface area contributed by atoms with Crippen LogP contribution in [0.5, 0.6) is 0 Å². The second-order valence-corrected chi connectivity index (χ2v) is 12.5. The van der Waals surface area contributed by atoms with Crippen molar-refractivity contribution in [3.8, 4) is 0 Å². The summed E-state index contributed by atoms with van der Waals surface area (Å²) in [4.78, 5) is 43.6. The molecule has 13 heteroatoms. The van der Waals surface area contributed by atoms with E-state index in [1.54, 1.807) is 17.2 Å². The Hall–Kier alpha value is -3.32. The van der Waals surface area contributed by atoms with Gasteiger partial charge in [0, 0.05) is 88.2 Å². The van der Waals surface area contributed by atoms with Gasteiger partial charge in [-0.15, -0.1) is 11.3 Å². The first kappa shape index (κ1) is 29.7. The molecule has 0 spiro atoms. The standard InChI is InChI=1S/C30H36ClFN8O2S/c31-25-3-1-2-24(27(25)32)29(42)40-11-9-37(10-12-40)20-22-18-23(19-26(35-22)36-30-34-8-17-43-30)38-13-15-39(16-14-38)28(41)21-4-6-33-7-5-21/h1-3,8,17-19,21,33H,4-7,9-16,20H2,(H,34,35,36). The first-order chi connectivity index (χ1) is 20.9. The summed E-state index contributed by atoms with van der Waals surface area (Å²) in [7, 11) is 0. The maximum Gasteiger partial charge on any atom is 0.256 e. The molecular formula is C30H36ClFN8O2S. The number of hydrogen-bond donors (Lipinski definition) is 2. The molecular weight excluding hydrogens is 591 g/mol. The molecule has 6 rings (SSSR count). The van der Waals surface area contributed by atoms with Gasteiger partial charge in [0.2, 0.25) is 5.91 Å². The van der Waals surface area contributed by atoms with E-state index in [4.69, 9.17) is 16.6 Å². The molecule has 1 aromatic carbocycles. The summed E-state index contributed by atoms with van der Waals surface area (Å²) in [5, 5.41) is 9.32. The van der Waals surface area contributed by atoms with Gasteiger partial charge >= 0.3 is 0 Å². The monoisotopic (exact) mass is 626 g/mol. The number of amides is 2. The lowest BCUT2D eigenvalue weighted by Crippen LogP contribution is -2.51. The Bertz CT molecular complexity index is 1420. The van der Waals surface area contributed by atoms with Crippen LogP contribution in [0.1, 0.15) is 28.9 Å². The van der Waals surface area contributed by atoms with Crippen LogP contribution in [0, 0.1) is 11.7 Å². The molecule has 5 heterocycles. The van der Waals surface area contributed by atoms with Crippen LogP contribution in [0.4, 0.5) is 21.0 Å². The molecule has 43 heavy (non-hydrogen) atoms. The molecule has 228 valence electrons. The van der Waals surface area contributed by atoms with Gasteiger partial charge in [0.05, 0.1) is 16.3 Å². The summed E-state index contributed by atoms with van der Waals surface area (Å²) in [6.45, 7) is 7.64. The van der Waals surface area contributed by atoms with Crippen molar-refractivity contribution < 1.29 is 14.0 Å². The van der Waals surface area contributed by atoms with Crippen molar-refractivity contribution in [1.82, 2.24) is 30.0 Å². The highest BCUT2D eigenvalue weighted by Gasteiger charge is 2.29. The maximum atomic E-state index is 14.4. The number of carbonyl (C=O) groups excluding carboxylic acids is 2. The summed E-state index contributed by atoms with van der Waals surface area (Å²) in [5.41, 5.74) is 1.97. The highest BCUT2D eigenvalue weighted by molar-refractivity contribution is 7.13. The lowest BCUT2D eigenvalue weighted by Gasteiger charge is -2.38. The molecule has 3 saturated heterocycles. The van der Waals surface area contributed by atoms with E-state index in [0.717, 1.165) is 61.4 Å². The first-order valence-corrected chi connectivity index (χ1v) is 16.1. The van der Waals surface area contributed by atoms with E-state index in [9.17, 15) is 14.0 Å². The molecule has 2 amide bonds. The number of halogens is 2. The third kappa shape index (κ3) is 7.09. The number of nitrogens with one attached hydrogen (secondary N) is 2. The summed E-state index contributed by atoms with van der Waals surface area (Å²) in [5.74, 6) is 0.135. The minimum atomic E-state index is -0.672. The summed E-state index contributed by atoms with van der Waals surface area (Å²) >= 11 is 7.41. The average Bonchev–Trinajstić information content (AvgIpc) is 3.55. The molecule has 2 N–H and O–H groups in total. The highest BCUT2D eigenvalue weighted by Crippen LogP contribution is 2.27. The lowest BCUT2D eigenvalue weighted by molar-refractivity contribution is -0.136. The molecule has 0 bridgehead atoms. The zero-order chi connectivity index (χ0) is 29.8. The third-order valence-electron chi connectivity index (χ3n) is 8.40. The van der Waals surface area contributed by atoms with Crippen LogP contribution in [-0.4, -0.2) is 102 Å². The fourth-order valence-electron chi connectivity index (χ4n) is 5.98. The maximum absolute atomic E-state index is 14.4. The van der Waals surface area contributed by atoms with Crippen LogP contribution in [0.3, 0.4) is 0 Å². The van der Waals surface area contributed by atoms with Crippen molar-refractivity contribution >= 4 is 51.4 Å². The second kappa shape index (κ2) is 13.5. The van der Waals surface area contributed by atoms with Gasteiger partial charge in [0.15, 0.2) is 10.9 Å². The van der Waals surface area contributed by atoms with E-state index in [-0.39, 0.29) is 22.4 Å². The SMILES string of the molecule is O=C(c1cccc(Cl)c1F)N1CCN(Cc2cc(N3CCN(C(=O)C4CCNCC4)CC3)cc(Nc3nccs3)n2)CC1. The number of rotatable bonds is 7. The number of nitrogens with zero attached hydrogens (tertiary/aromatic N) is 6. The van der Waals surface area contributed by atoms with Crippen LogP contribution in [0.2, 0.25) is 5.02 Å². The van der Waals surface area contributed by atoms with Gasteiger partial charge in [0.25, 0.3) is 5.91 Å². The smallest absolute Gasteiger partial charge is 0.256 e. The van der Waals surface area contributed by atoms with Gasteiger partial charge in [0.1, 0.15) is 5.82 Å². The van der Waals surface area contributed by atoms with E-state index in [1.165, 1.54) is 23.5 Å². The number of hydrogen-bond acceptors (Lipinski definition) is 9. The van der Waals surface area contributed by atoms with Crippen molar-refractivity contribution in [1.29, 1.82) is 0 Å². The Labute approximate surface area is 259 Å². The second-order valence-electron chi connectivity index (χ2n) is 11.2. The first-order valence-electron chi connectivity index (χ1n) is 14.8. The number of thiazole rings is 1. The minimum absolute atomic E-state index is 0.00534. The molecule has 2 aromatic heterocycles. The van der Waals surface area contributed by atoms with Crippen LogP contribution in [-0.2, 0) is 11.3 Å². The van der Waals surface area contributed by atoms with Gasteiger partial charge in [-0.3, -0.25) is 14.5 Å². The van der Waals surface area contributed by atoms with Crippen molar-refractivity contribution in [2.75, 3.05) is 75.7 Å². The molecule has 0 unspecified atom stereocenters. The predicted molar refractivity (Wildman–Crippen MR) is 167 cm³/mol. The number of piperidine rings is 1. The van der Waals surface area contributed by atoms with E-state index in [2.05, 4.69) is 31.5 Å². The van der Waals surface area contributed by atoms with E-state index in [1.807, 2.05) is 16.3 Å². The predicted octanol–water partition coefficient (Wildman–Crippen LogP) is 3.68. The Kier molecular flexibility index (Phi) is 9.37. The molecule has 0 radical (unpaired) electrons. The van der Waals surface area contributed by atoms with Crippen LogP contribution < -0.4 is 15.5 Å². The van der Waals surface area contributed by atoms with Crippen molar-refractivity contribution in [2.24, 2.45) is 5.92 Å². The molecule has 0 atom stereocenters. The van der Waals surface area contributed by atoms with Gasteiger partial charge < -0.3 is 25.3 Å². The van der Waals surface area contributed by atoms with Crippen LogP contribution >= 0.6 is 22.9 Å². The van der Waals surface area contributed by atoms with Crippen molar-refractivity contribution in [3.05, 3.63) is 64.0 Å². The lowest BCUT2D eigenvalue weighted by atomic mass is 9.96. The Balaban J connectivity index is 1.11. The minimum Gasteiger partial charge on any atom is -0.368 e. The summed E-state index contributed by atoms with van der Waals surface area (Å²) in [6.07, 6.45) is 3.59. The van der Waals surface area contributed by atoms with Crippen molar-refractivity contribution in [3.63, 3.8) is 0 Å². The van der Waals surface area contributed by atoms with E-state index < -0.39 is 5.82 Å². The largest absolute Gasteiger partial charge is 0.368 e. The molecule has 0 aliphatic carbocycles. The Morgan fingerprint density at radius 1 is 1.02 bits per heavy atom. The molecule has 3 aliphatic heterocycles. The quantitative estimate of drug-likeness (QED) is 0.410.